The fourth-order valence-electron chi connectivity index (χ4n) is 1.30. The Morgan fingerprint density at radius 2 is 2.07 bits per heavy atom. The van der Waals surface area contributed by atoms with Crippen LogP contribution in [0.2, 0.25) is 0 Å². The van der Waals surface area contributed by atoms with Gasteiger partial charge in [0.05, 0.1) is 0 Å². The van der Waals surface area contributed by atoms with E-state index in [1.165, 1.54) is 18.2 Å². The van der Waals surface area contributed by atoms with E-state index in [-0.39, 0.29) is 12.5 Å². The molecule has 3 heteroatoms. The molecule has 1 N–H and O–H groups in total. The van der Waals surface area contributed by atoms with E-state index in [1.807, 2.05) is 6.07 Å². The Kier molecular flexibility index (Phi) is 4.31. The number of ether oxygens (including phenoxy) is 1. The normalized spacial score (nSPS) is 10.1. The van der Waals surface area contributed by atoms with Crippen molar-refractivity contribution in [2.75, 3.05) is 13.7 Å². The van der Waals surface area contributed by atoms with Crippen molar-refractivity contribution in [3.8, 4) is 0 Å². The van der Waals surface area contributed by atoms with Crippen LogP contribution in [-0.4, -0.2) is 19.6 Å². The second-order valence-corrected chi connectivity index (χ2v) is 3.63. The molecule has 0 heterocycles. The van der Waals surface area contributed by atoms with E-state index in [0.717, 1.165) is 5.56 Å². The van der Waals surface area contributed by atoms with Crippen molar-refractivity contribution < 1.29 is 9.53 Å². The topological polar surface area (TPSA) is 38.3 Å². The van der Waals surface area contributed by atoms with Crippen LogP contribution < -0.4 is 5.32 Å². The maximum atomic E-state index is 11.1. The lowest BCUT2D eigenvalue weighted by atomic mass is 10.1. The smallest absolute Gasteiger partial charge is 0.246 e. The van der Waals surface area contributed by atoms with Crippen LogP contribution in [0.3, 0.4) is 0 Å². The van der Waals surface area contributed by atoms with Gasteiger partial charge in [-0.15, -0.1) is 0 Å². The summed E-state index contributed by atoms with van der Waals surface area (Å²) in [5.74, 6) is -0.0873. The van der Waals surface area contributed by atoms with Gasteiger partial charge in [0, 0.05) is 13.7 Å². The highest BCUT2D eigenvalue weighted by molar-refractivity contribution is 5.77. The quantitative estimate of drug-likeness (QED) is 0.813. The van der Waals surface area contributed by atoms with E-state index in [9.17, 15) is 4.79 Å². The summed E-state index contributed by atoms with van der Waals surface area (Å²) in [6.45, 7) is 4.81. The molecule has 1 rings (SSSR count). The van der Waals surface area contributed by atoms with E-state index in [2.05, 4.69) is 31.3 Å². The van der Waals surface area contributed by atoms with Crippen LogP contribution in [0.5, 0.6) is 0 Å². The highest BCUT2D eigenvalue weighted by Gasteiger charge is 2.00. The molecule has 0 aromatic heterocycles. The molecule has 82 valence electrons. The lowest BCUT2D eigenvalue weighted by Crippen LogP contribution is -2.26. The minimum Gasteiger partial charge on any atom is -0.375 e. The van der Waals surface area contributed by atoms with E-state index < -0.39 is 0 Å². The zero-order valence-corrected chi connectivity index (χ0v) is 9.46. The van der Waals surface area contributed by atoms with Crippen LogP contribution in [0, 0.1) is 13.8 Å². The van der Waals surface area contributed by atoms with Crippen molar-refractivity contribution in [3.05, 3.63) is 34.9 Å². The summed E-state index contributed by atoms with van der Waals surface area (Å²) in [5.41, 5.74) is 3.62. The van der Waals surface area contributed by atoms with Gasteiger partial charge in [-0.25, -0.2) is 0 Å². The van der Waals surface area contributed by atoms with Gasteiger partial charge in [0.1, 0.15) is 6.61 Å². The molecular weight excluding hydrogens is 190 g/mol. The first-order valence-corrected chi connectivity index (χ1v) is 4.95. The van der Waals surface area contributed by atoms with Crippen molar-refractivity contribution in [3.63, 3.8) is 0 Å². The summed E-state index contributed by atoms with van der Waals surface area (Å²) < 4.78 is 4.72. The van der Waals surface area contributed by atoms with Crippen LogP contribution in [0.1, 0.15) is 16.7 Å². The molecule has 0 radical (unpaired) electrons. The Hall–Kier alpha value is -1.35. The number of hydrogen-bond donors (Lipinski definition) is 1. The Morgan fingerprint density at radius 3 is 2.67 bits per heavy atom. The molecule has 0 saturated heterocycles. The minimum absolute atomic E-state index is 0.0873. The number of aryl methyl sites for hydroxylation is 2. The number of carbonyl (C=O) groups excluding carboxylic acids is 1. The van der Waals surface area contributed by atoms with Gasteiger partial charge in [-0.3, -0.25) is 4.79 Å². The van der Waals surface area contributed by atoms with Crippen molar-refractivity contribution in [2.24, 2.45) is 0 Å². The monoisotopic (exact) mass is 207 g/mol. The zero-order chi connectivity index (χ0) is 11.3. The second-order valence-electron chi connectivity index (χ2n) is 3.63. The molecule has 0 atom stereocenters. The molecular formula is C12H17NO2. The first kappa shape index (κ1) is 11.7. The Balaban J connectivity index is 2.51. The van der Waals surface area contributed by atoms with E-state index in [0.29, 0.717) is 6.54 Å². The van der Waals surface area contributed by atoms with Crippen LogP contribution >= 0.6 is 0 Å². The minimum atomic E-state index is -0.0873. The molecule has 15 heavy (non-hydrogen) atoms. The van der Waals surface area contributed by atoms with Crippen LogP contribution in [-0.2, 0) is 16.1 Å². The molecule has 0 aliphatic carbocycles. The number of rotatable bonds is 4. The number of nitrogens with one attached hydrogen (secondary N) is 1. The number of benzene rings is 1. The molecule has 0 unspecified atom stereocenters. The number of carbonyl (C=O) groups is 1. The highest BCUT2D eigenvalue weighted by atomic mass is 16.5. The number of hydrogen-bond acceptors (Lipinski definition) is 2. The fourth-order valence-corrected chi connectivity index (χ4v) is 1.30. The Bertz CT molecular complexity index is 347. The van der Waals surface area contributed by atoms with Gasteiger partial charge < -0.3 is 10.1 Å². The molecule has 1 amide bonds. The van der Waals surface area contributed by atoms with Crippen LogP contribution in [0.25, 0.3) is 0 Å². The van der Waals surface area contributed by atoms with E-state index >= 15 is 0 Å². The van der Waals surface area contributed by atoms with E-state index in [4.69, 9.17) is 4.74 Å². The van der Waals surface area contributed by atoms with Crippen molar-refractivity contribution >= 4 is 5.91 Å². The third-order valence-electron chi connectivity index (χ3n) is 2.34. The highest BCUT2D eigenvalue weighted by Crippen LogP contribution is 2.09. The summed E-state index contributed by atoms with van der Waals surface area (Å²) in [4.78, 5) is 11.1. The van der Waals surface area contributed by atoms with E-state index in [1.54, 1.807) is 0 Å². The molecule has 0 fully saturated rings. The number of amides is 1. The third kappa shape index (κ3) is 3.72. The summed E-state index contributed by atoms with van der Waals surface area (Å²) in [6, 6.07) is 6.17. The van der Waals surface area contributed by atoms with Crippen LogP contribution in [0.4, 0.5) is 0 Å². The summed E-state index contributed by atoms with van der Waals surface area (Å²) >= 11 is 0. The van der Waals surface area contributed by atoms with Gasteiger partial charge in [-0.2, -0.15) is 0 Å². The summed E-state index contributed by atoms with van der Waals surface area (Å²) in [7, 11) is 1.51. The molecule has 0 aliphatic heterocycles. The van der Waals surface area contributed by atoms with Gasteiger partial charge in [0.25, 0.3) is 0 Å². The van der Waals surface area contributed by atoms with Gasteiger partial charge in [0.2, 0.25) is 5.91 Å². The van der Waals surface area contributed by atoms with Gasteiger partial charge in [-0.1, -0.05) is 18.2 Å². The molecule has 1 aromatic carbocycles. The van der Waals surface area contributed by atoms with Gasteiger partial charge >= 0.3 is 0 Å². The molecule has 0 spiro atoms. The van der Waals surface area contributed by atoms with Crippen LogP contribution in [0.15, 0.2) is 18.2 Å². The lowest BCUT2D eigenvalue weighted by Gasteiger charge is -2.06. The summed E-state index contributed by atoms with van der Waals surface area (Å²) in [5, 5.41) is 2.78. The average molecular weight is 207 g/mol. The van der Waals surface area contributed by atoms with Crippen molar-refractivity contribution in [2.45, 2.75) is 20.4 Å². The molecule has 0 bridgehead atoms. The maximum absolute atomic E-state index is 11.1. The predicted molar refractivity (Wildman–Crippen MR) is 59.6 cm³/mol. The first-order chi connectivity index (χ1) is 7.13. The SMILES string of the molecule is COCC(=O)NCc1ccc(C)c(C)c1. The molecule has 1 aromatic rings. The van der Waals surface area contributed by atoms with Gasteiger partial charge in [-0.05, 0) is 30.5 Å². The fraction of sp³-hybridized carbons (Fsp3) is 0.417. The second kappa shape index (κ2) is 5.51. The molecule has 0 aliphatic rings. The third-order valence-corrected chi connectivity index (χ3v) is 2.34. The first-order valence-electron chi connectivity index (χ1n) is 4.95. The number of methoxy groups -OCH3 is 1. The summed E-state index contributed by atoms with van der Waals surface area (Å²) in [6.07, 6.45) is 0. The van der Waals surface area contributed by atoms with Gasteiger partial charge in [0.15, 0.2) is 0 Å². The Labute approximate surface area is 90.4 Å². The lowest BCUT2D eigenvalue weighted by molar-refractivity contribution is -0.124. The standard InChI is InChI=1S/C12H17NO2/c1-9-4-5-11(6-10(9)2)7-13-12(14)8-15-3/h4-6H,7-8H2,1-3H3,(H,13,14). The maximum Gasteiger partial charge on any atom is 0.246 e. The Morgan fingerprint density at radius 1 is 1.33 bits per heavy atom. The van der Waals surface area contributed by atoms with Crippen molar-refractivity contribution in [1.29, 1.82) is 0 Å². The average Bonchev–Trinajstić information content (AvgIpc) is 2.20. The largest absolute Gasteiger partial charge is 0.375 e. The zero-order valence-electron chi connectivity index (χ0n) is 9.46. The molecule has 0 saturated carbocycles. The predicted octanol–water partition coefficient (Wildman–Crippen LogP) is 1.57. The van der Waals surface area contributed by atoms with Crippen molar-refractivity contribution in [1.82, 2.24) is 5.32 Å². The molecule has 3 nitrogen and oxygen atoms in total.